The Bertz CT molecular complexity index is 1220. The van der Waals surface area contributed by atoms with Gasteiger partial charge in [0.25, 0.3) is 12.0 Å². The van der Waals surface area contributed by atoms with Crippen molar-refractivity contribution >= 4 is 17.0 Å². The molecule has 1 heterocycles. The molecule has 170 valence electrons. The molecule has 0 saturated heterocycles. The van der Waals surface area contributed by atoms with Crippen LogP contribution in [0.2, 0.25) is 0 Å². The van der Waals surface area contributed by atoms with E-state index in [0.29, 0.717) is 6.07 Å². The van der Waals surface area contributed by atoms with E-state index in [1.165, 1.54) is 12.1 Å². The van der Waals surface area contributed by atoms with E-state index in [2.05, 4.69) is 10.3 Å². The fourth-order valence-electron chi connectivity index (χ4n) is 3.11. The molecule has 0 atom stereocenters. The normalized spacial score (nSPS) is 11.8. The van der Waals surface area contributed by atoms with Gasteiger partial charge >= 0.3 is 6.09 Å². The van der Waals surface area contributed by atoms with E-state index < -0.39 is 40.9 Å². The zero-order chi connectivity index (χ0) is 23.6. The zero-order valence-corrected chi connectivity index (χ0v) is 17.6. The molecule has 0 spiro atoms. The molecule has 0 unspecified atom stereocenters. The molecule has 0 aliphatic rings. The number of halogens is 4. The molecule has 6 nitrogen and oxygen atoms in total. The Labute approximate surface area is 180 Å². The van der Waals surface area contributed by atoms with Crippen LogP contribution >= 0.6 is 0 Å². The van der Waals surface area contributed by atoms with Crippen LogP contribution in [0, 0.1) is 11.6 Å². The fraction of sp³-hybridized carbons (Fsp3) is 0.318. The van der Waals surface area contributed by atoms with Crippen LogP contribution in [0.15, 0.2) is 41.2 Å². The molecule has 0 radical (unpaired) electrons. The van der Waals surface area contributed by atoms with Crippen LogP contribution in [0.1, 0.15) is 38.6 Å². The minimum absolute atomic E-state index is 0.0231. The number of alkyl halides is 2. The second kappa shape index (κ2) is 8.97. The second-order valence-electron chi connectivity index (χ2n) is 8.02. The van der Waals surface area contributed by atoms with Gasteiger partial charge in [0, 0.05) is 18.5 Å². The fourth-order valence-corrected chi connectivity index (χ4v) is 3.11. The first-order valence-corrected chi connectivity index (χ1v) is 9.72. The number of amides is 1. The average molecular weight is 451 g/mol. The van der Waals surface area contributed by atoms with Gasteiger partial charge in [-0.2, -0.15) is 0 Å². The standard InChI is InChI=1S/C22H21F4N3O3/c1-22(2,3)32-21(31)27-8-7-17-28-16-6-4-5-15(24)18(16)20(30)29(17)14-10-12(19(25)26)9-13(23)11-14/h4-6,9-11,19H,7-8H2,1-3H3,(H,27,31). The van der Waals surface area contributed by atoms with Gasteiger partial charge in [0.1, 0.15) is 28.4 Å². The maximum Gasteiger partial charge on any atom is 0.407 e. The van der Waals surface area contributed by atoms with E-state index in [1.807, 2.05) is 0 Å². The van der Waals surface area contributed by atoms with Crippen molar-refractivity contribution in [2.24, 2.45) is 0 Å². The van der Waals surface area contributed by atoms with Crippen LogP contribution in [0.3, 0.4) is 0 Å². The quantitative estimate of drug-likeness (QED) is 0.573. The van der Waals surface area contributed by atoms with E-state index in [4.69, 9.17) is 4.74 Å². The molecule has 32 heavy (non-hydrogen) atoms. The summed E-state index contributed by atoms with van der Waals surface area (Å²) >= 11 is 0. The molecule has 0 aliphatic carbocycles. The molecule has 1 aromatic heterocycles. The van der Waals surface area contributed by atoms with E-state index in [-0.39, 0.29) is 35.4 Å². The first-order valence-electron chi connectivity index (χ1n) is 9.72. The lowest BCUT2D eigenvalue weighted by Gasteiger charge is -2.20. The highest BCUT2D eigenvalue weighted by Crippen LogP contribution is 2.24. The van der Waals surface area contributed by atoms with E-state index in [9.17, 15) is 27.2 Å². The Hall–Kier alpha value is -3.43. The second-order valence-corrected chi connectivity index (χ2v) is 8.02. The molecule has 0 fully saturated rings. The largest absolute Gasteiger partial charge is 0.444 e. The van der Waals surface area contributed by atoms with Crippen LogP contribution < -0.4 is 10.9 Å². The summed E-state index contributed by atoms with van der Waals surface area (Å²) < 4.78 is 60.8. The summed E-state index contributed by atoms with van der Waals surface area (Å²) in [6, 6.07) is 6.33. The summed E-state index contributed by atoms with van der Waals surface area (Å²) in [5.41, 5.74) is -2.43. The number of aromatic nitrogens is 2. The number of hydrogen-bond donors (Lipinski definition) is 1. The van der Waals surface area contributed by atoms with Gasteiger partial charge in [0.15, 0.2) is 0 Å². The Morgan fingerprint density at radius 2 is 1.91 bits per heavy atom. The highest BCUT2D eigenvalue weighted by Gasteiger charge is 2.19. The Kier molecular flexibility index (Phi) is 6.52. The lowest BCUT2D eigenvalue weighted by atomic mass is 10.1. The van der Waals surface area contributed by atoms with Gasteiger partial charge < -0.3 is 10.1 Å². The molecule has 0 bridgehead atoms. The summed E-state index contributed by atoms with van der Waals surface area (Å²) in [5, 5.41) is 2.14. The summed E-state index contributed by atoms with van der Waals surface area (Å²) in [4.78, 5) is 29.3. The number of fused-ring (bicyclic) bond motifs is 1. The van der Waals surface area contributed by atoms with Gasteiger partial charge in [0.05, 0.1) is 11.2 Å². The van der Waals surface area contributed by atoms with Crippen molar-refractivity contribution in [3.8, 4) is 5.69 Å². The van der Waals surface area contributed by atoms with Crippen molar-refractivity contribution in [2.75, 3.05) is 6.54 Å². The predicted molar refractivity (Wildman–Crippen MR) is 110 cm³/mol. The first-order chi connectivity index (χ1) is 15.0. The lowest BCUT2D eigenvalue weighted by Crippen LogP contribution is -2.34. The predicted octanol–water partition coefficient (Wildman–Crippen LogP) is 4.67. The van der Waals surface area contributed by atoms with Gasteiger partial charge in [-0.3, -0.25) is 9.36 Å². The number of alkyl carbamates (subject to hydrolysis) is 1. The third-order valence-electron chi connectivity index (χ3n) is 4.35. The number of nitrogens with one attached hydrogen (secondary N) is 1. The van der Waals surface area contributed by atoms with Crippen LogP contribution in [-0.2, 0) is 11.2 Å². The van der Waals surface area contributed by atoms with E-state index in [1.54, 1.807) is 20.8 Å². The maximum absolute atomic E-state index is 14.4. The molecular weight excluding hydrogens is 430 g/mol. The van der Waals surface area contributed by atoms with Crippen molar-refractivity contribution in [3.63, 3.8) is 0 Å². The summed E-state index contributed by atoms with van der Waals surface area (Å²) in [5.74, 6) is -1.82. The van der Waals surface area contributed by atoms with Gasteiger partial charge in [-0.25, -0.2) is 27.3 Å². The topological polar surface area (TPSA) is 73.2 Å². The van der Waals surface area contributed by atoms with E-state index in [0.717, 1.165) is 22.8 Å². The Morgan fingerprint density at radius 3 is 2.56 bits per heavy atom. The number of rotatable bonds is 5. The highest BCUT2D eigenvalue weighted by atomic mass is 19.3. The van der Waals surface area contributed by atoms with Crippen molar-refractivity contribution < 1.29 is 27.1 Å². The van der Waals surface area contributed by atoms with Crippen molar-refractivity contribution in [3.05, 3.63) is 69.8 Å². The smallest absolute Gasteiger partial charge is 0.407 e. The monoisotopic (exact) mass is 451 g/mol. The highest BCUT2D eigenvalue weighted by molar-refractivity contribution is 5.78. The minimum atomic E-state index is -2.98. The molecule has 2 aromatic carbocycles. The molecule has 0 aliphatic heterocycles. The molecule has 3 aromatic rings. The third-order valence-corrected chi connectivity index (χ3v) is 4.35. The number of benzene rings is 2. The molecular formula is C22H21F4N3O3. The molecule has 10 heteroatoms. The zero-order valence-electron chi connectivity index (χ0n) is 17.6. The SMILES string of the molecule is CC(C)(C)OC(=O)NCCc1nc2cccc(F)c2c(=O)n1-c1cc(F)cc(C(F)F)c1. The van der Waals surface area contributed by atoms with Crippen molar-refractivity contribution in [2.45, 2.75) is 39.2 Å². The number of carbonyl (C=O) groups excluding carboxylic acids is 1. The molecule has 3 rings (SSSR count). The third kappa shape index (κ3) is 5.24. The first kappa shape index (κ1) is 23.2. The number of ether oxygens (including phenoxy) is 1. The summed E-state index contributed by atoms with van der Waals surface area (Å²) in [6.07, 6.45) is -3.73. The average Bonchev–Trinajstić information content (AvgIpc) is 2.66. The lowest BCUT2D eigenvalue weighted by molar-refractivity contribution is 0.0528. The minimum Gasteiger partial charge on any atom is -0.444 e. The Morgan fingerprint density at radius 1 is 1.19 bits per heavy atom. The number of carbonyl (C=O) groups is 1. The van der Waals surface area contributed by atoms with Crippen LogP contribution in [-0.4, -0.2) is 27.8 Å². The van der Waals surface area contributed by atoms with Crippen LogP contribution in [0.4, 0.5) is 22.4 Å². The van der Waals surface area contributed by atoms with Crippen LogP contribution in [0.25, 0.3) is 16.6 Å². The van der Waals surface area contributed by atoms with Crippen molar-refractivity contribution in [1.29, 1.82) is 0 Å². The summed E-state index contributed by atoms with van der Waals surface area (Å²) in [7, 11) is 0. The number of nitrogens with zero attached hydrogens (tertiary/aromatic N) is 2. The summed E-state index contributed by atoms with van der Waals surface area (Å²) in [6.45, 7) is 5.04. The maximum atomic E-state index is 14.4. The van der Waals surface area contributed by atoms with Gasteiger partial charge in [-0.05, 0) is 51.1 Å². The van der Waals surface area contributed by atoms with Gasteiger partial charge in [0.2, 0.25) is 0 Å². The van der Waals surface area contributed by atoms with Crippen LogP contribution in [0.5, 0.6) is 0 Å². The van der Waals surface area contributed by atoms with E-state index >= 15 is 0 Å². The number of hydrogen-bond acceptors (Lipinski definition) is 4. The van der Waals surface area contributed by atoms with Gasteiger partial charge in [-0.1, -0.05) is 6.07 Å². The molecule has 0 saturated carbocycles. The van der Waals surface area contributed by atoms with Crippen molar-refractivity contribution in [1.82, 2.24) is 14.9 Å². The molecule has 1 N–H and O–H groups in total. The molecule has 1 amide bonds. The Balaban J connectivity index is 2.08. The van der Waals surface area contributed by atoms with Gasteiger partial charge in [-0.15, -0.1) is 0 Å².